The zero-order valence-electron chi connectivity index (χ0n) is 15.6. The highest BCUT2D eigenvalue weighted by Gasteiger charge is 2.61. The maximum absolute atomic E-state index is 13.3. The summed E-state index contributed by atoms with van der Waals surface area (Å²) in [4.78, 5) is 37.1. The van der Waals surface area contributed by atoms with Gasteiger partial charge in [0.2, 0.25) is 5.91 Å². The summed E-state index contributed by atoms with van der Waals surface area (Å²) in [5, 5.41) is 5.11. The van der Waals surface area contributed by atoms with Crippen molar-refractivity contribution in [1.29, 1.82) is 0 Å². The van der Waals surface area contributed by atoms with E-state index < -0.39 is 5.41 Å². The van der Waals surface area contributed by atoms with Crippen LogP contribution in [0.3, 0.4) is 0 Å². The number of nitrogens with zero attached hydrogens (tertiary/aromatic N) is 3. The van der Waals surface area contributed by atoms with Crippen molar-refractivity contribution in [3.8, 4) is 0 Å². The monoisotopic (exact) mass is 384 g/mol. The Morgan fingerprint density at radius 2 is 2.19 bits per heavy atom. The van der Waals surface area contributed by atoms with Gasteiger partial charge in [-0.05, 0) is 45.2 Å². The van der Waals surface area contributed by atoms with Gasteiger partial charge in [-0.3, -0.25) is 14.6 Å². The van der Waals surface area contributed by atoms with Crippen LogP contribution in [-0.2, 0) is 11.2 Å². The van der Waals surface area contributed by atoms with Crippen LogP contribution in [0.4, 0.5) is 0 Å². The number of hydrogen-bond donors (Lipinski definition) is 1. The molecule has 2 saturated heterocycles. The van der Waals surface area contributed by atoms with Gasteiger partial charge in [0.05, 0.1) is 16.6 Å². The first-order chi connectivity index (χ1) is 13.0. The van der Waals surface area contributed by atoms with Gasteiger partial charge in [-0.25, -0.2) is 4.98 Å². The lowest BCUT2D eigenvalue weighted by Gasteiger charge is -2.36. The number of fused-ring (bicyclic) bond motifs is 2. The summed E-state index contributed by atoms with van der Waals surface area (Å²) in [6.45, 7) is 3.94. The molecular weight excluding hydrogens is 360 g/mol. The van der Waals surface area contributed by atoms with E-state index >= 15 is 0 Å². The molecule has 7 heteroatoms. The maximum Gasteiger partial charge on any atom is 0.272 e. The molecule has 0 aliphatic carbocycles. The Kier molecular flexibility index (Phi) is 4.72. The molecule has 4 rings (SSSR count). The number of carbonyl (C=O) groups excluding carboxylic acids is 2. The van der Waals surface area contributed by atoms with Crippen molar-refractivity contribution in [2.75, 3.05) is 0 Å². The summed E-state index contributed by atoms with van der Waals surface area (Å²) in [6.07, 6.45) is 4.68. The molecule has 0 spiro atoms. The highest BCUT2D eigenvalue weighted by atomic mass is 32.1. The number of rotatable bonds is 5. The maximum atomic E-state index is 13.3. The number of nitrogens with one attached hydrogen (secondary N) is 1. The Bertz CT molecular complexity index is 824. The molecule has 3 atom stereocenters. The van der Waals surface area contributed by atoms with E-state index in [4.69, 9.17) is 0 Å². The predicted octanol–water partition coefficient (Wildman–Crippen LogP) is 2.67. The second-order valence-corrected chi connectivity index (χ2v) is 8.54. The van der Waals surface area contributed by atoms with E-state index in [0.29, 0.717) is 18.5 Å². The molecule has 27 heavy (non-hydrogen) atoms. The van der Waals surface area contributed by atoms with Gasteiger partial charge >= 0.3 is 0 Å². The molecule has 2 bridgehead atoms. The lowest BCUT2D eigenvalue weighted by atomic mass is 9.70. The Labute approximate surface area is 163 Å². The molecule has 4 heterocycles. The fourth-order valence-electron chi connectivity index (χ4n) is 4.68. The third kappa shape index (κ3) is 3.14. The van der Waals surface area contributed by atoms with Crippen LogP contribution in [-0.4, -0.2) is 44.8 Å². The fraction of sp³-hybridized carbons (Fsp3) is 0.500. The van der Waals surface area contributed by atoms with Crippen molar-refractivity contribution in [2.45, 2.75) is 57.7 Å². The van der Waals surface area contributed by atoms with Crippen molar-refractivity contribution in [3.63, 3.8) is 0 Å². The molecule has 2 fully saturated rings. The minimum Gasteiger partial charge on any atom is -0.353 e. The minimum absolute atomic E-state index is 0.0384. The van der Waals surface area contributed by atoms with Crippen LogP contribution in [0.1, 0.15) is 49.3 Å². The third-order valence-corrected chi connectivity index (χ3v) is 6.35. The zero-order valence-corrected chi connectivity index (χ0v) is 16.4. The lowest BCUT2D eigenvalue weighted by molar-refractivity contribution is -0.133. The average Bonchev–Trinajstić information content (AvgIpc) is 3.37. The molecule has 6 nitrogen and oxygen atoms in total. The molecule has 0 unspecified atom stereocenters. The molecule has 0 radical (unpaired) electrons. The van der Waals surface area contributed by atoms with Gasteiger partial charge in [-0.15, -0.1) is 11.3 Å². The number of hydrogen-bond acceptors (Lipinski definition) is 5. The molecule has 2 amide bonds. The van der Waals surface area contributed by atoms with Gasteiger partial charge in [0.1, 0.15) is 5.69 Å². The van der Waals surface area contributed by atoms with Crippen molar-refractivity contribution < 1.29 is 9.59 Å². The highest BCUT2D eigenvalue weighted by Crippen LogP contribution is 2.52. The van der Waals surface area contributed by atoms with E-state index in [-0.39, 0.29) is 29.9 Å². The number of aromatic nitrogens is 2. The van der Waals surface area contributed by atoms with Crippen LogP contribution in [0.25, 0.3) is 0 Å². The highest BCUT2D eigenvalue weighted by molar-refractivity contribution is 7.07. The molecule has 142 valence electrons. The Morgan fingerprint density at radius 1 is 1.33 bits per heavy atom. The SMILES string of the molecule is CC(C)NC(=O)[C@@]1(Cc2cscn2)C[C@H]2CC[C@@H]1N2C(=O)c1ccccn1. The number of carbonyl (C=O) groups is 2. The summed E-state index contributed by atoms with van der Waals surface area (Å²) >= 11 is 1.54. The van der Waals surface area contributed by atoms with E-state index in [1.54, 1.807) is 23.8 Å². The van der Waals surface area contributed by atoms with Crippen molar-refractivity contribution in [3.05, 3.63) is 46.7 Å². The minimum atomic E-state index is -0.619. The number of thiazole rings is 1. The molecule has 2 aromatic rings. The van der Waals surface area contributed by atoms with E-state index in [0.717, 1.165) is 18.5 Å². The Morgan fingerprint density at radius 3 is 2.85 bits per heavy atom. The van der Waals surface area contributed by atoms with Gasteiger partial charge in [0.15, 0.2) is 0 Å². The molecular formula is C20H24N4O2S. The summed E-state index contributed by atoms with van der Waals surface area (Å²) < 4.78 is 0. The van der Waals surface area contributed by atoms with E-state index in [1.807, 2.05) is 30.2 Å². The summed E-state index contributed by atoms with van der Waals surface area (Å²) in [7, 11) is 0. The summed E-state index contributed by atoms with van der Waals surface area (Å²) in [6, 6.07) is 5.41. The van der Waals surface area contributed by atoms with Crippen LogP contribution in [0.2, 0.25) is 0 Å². The van der Waals surface area contributed by atoms with Crippen molar-refractivity contribution >= 4 is 23.2 Å². The van der Waals surface area contributed by atoms with Gasteiger partial charge < -0.3 is 10.2 Å². The van der Waals surface area contributed by atoms with Gasteiger partial charge in [-0.2, -0.15) is 0 Å². The first kappa shape index (κ1) is 18.1. The summed E-state index contributed by atoms with van der Waals surface area (Å²) in [5.74, 6) is -0.0304. The molecule has 2 aliphatic heterocycles. The molecule has 0 aromatic carbocycles. The zero-order chi connectivity index (χ0) is 19.0. The molecule has 0 saturated carbocycles. The average molecular weight is 385 g/mol. The van der Waals surface area contributed by atoms with Crippen LogP contribution in [0.5, 0.6) is 0 Å². The molecule has 2 aromatic heterocycles. The van der Waals surface area contributed by atoms with E-state index in [2.05, 4.69) is 15.3 Å². The van der Waals surface area contributed by atoms with Gasteiger partial charge in [-0.1, -0.05) is 6.07 Å². The number of amides is 2. The first-order valence-corrected chi connectivity index (χ1v) is 10.4. The molecule has 2 aliphatic rings. The third-order valence-electron chi connectivity index (χ3n) is 5.71. The van der Waals surface area contributed by atoms with E-state index in [1.165, 1.54) is 11.3 Å². The van der Waals surface area contributed by atoms with Crippen LogP contribution >= 0.6 is 11.3 Å². The Hall–Kier alpha value is -2.28. The topological polar surface area (TPSA) is 75.2 Å². The quantitative estimate of drug-likeness (QED) is 0.860. The fourth-order valence-corrected chi connectivity index (χ4v) is 5.24. The first-order valence-electron chi connectivity index (χ1n) is 9.43. The van der Waals surface area contributed by atoms with Crippen molar-refractivity contribution in [2.24, 2.45) is 5.41 Å². The smallest absolute Gasteiger partial charge is 0.272 e. The normalized spacial score (nSPS) is 26.6. The summed E-state index contributed by atoms with van der Waals surface area (Å²) in [5.41, 5.74) is 2.55. The Balaban J connectivity index is 1.68. The largest absolute Gasteiger partial charge is 0.353 e. The second-order valence-electron chi connectivity index (χ2n) is 7.82. The van der Waals surface area contributed by atoms with Crippen LogP contribution in [0.15, 0.2) is 35.3 Å². The van der Waals surface area contributed by atoms with Crippen LogP contribution in [0, 0.1) is 5.41 Å². The second kappa shape index (κ2) is 7.03. The van der Waals surface area contributed by atoms with Crippen LogP contribution < -0.4 is 5.32 Å². The lowest BCUT2D eigenvalue weighted by Crippen LogP contribution is -2.52. The van der Waals surface area contributed by atoms with E-state index in [9.17, 15) is 9.59 Å². The van der Waals surface area contributed by atoms with Crippen molar-refractivity contribution in [1.82, 2.24) is 20.2 Å². The standard InChI is InChI=1S/C20H24N4O2S/c1-13(2)23-19(26)20(9-14-11-27-12-22-14)10-15-6-7-17(20)24(15)18(25)16-5-3-4-8-21-16/h3-5,8,11-13,15,17H,6-7,9-10H2,1-2H3,(H,23,26)/t15-,17+,20+/m1/s1. The van der Waals surface area contributed by atoms with Gasteiger partial charge in [0.25, 0.3) is 5.91 Å². The molecule has 1 N–H and O–H groups in total. The predicted molar refractivity (Wildman–Crippen MR) is 103 cm³/mol. The number of pyridine rings is 1. The van der Waals surface area contributed by atoms with Gasteiger partial charge in [0, 0.05) is 36.1 Å².